The topological polar surface area (TPSA) is 44.5 Å². The zero-order valence-corrected chi connectivity index (χ0v) is 13.1. The first-order valence-corrected chi connectivity index (χ1v) is 6.98. The number of hydrogen-bond donors (Lipinski definition) is 1. The highest BCUT2D eigenvalue weighted by atomic mass is 79.9. The van der Waals surface area contributed by atoms with Gasteiger partial charge in [0.2, 0.25) is 5.82 Å². The molecule has 0 aromatic heterocycles. The minimum absolute atomic E-state index is 0.225. The third-order valence-corrected chi connectivity index (χ3v) is 3.34. The van der Waals surface area contributed by atoms with Crippen LogP contribution in [0.4, 0.5) is 8.78 Å². The van der Waals surface area contributed by atoms with Crippen molar-refractivity contribution in [3.05, 3.63) is 52.0 Å². The summed E-state index contributed by atoms with van der Waals surface area (Å²) in [6.45, 7) is 1.75. The van der Waals surface area contributed by atoms with Crippen LogP contribution in [0.15, 0.2) is 34.8 Å². The molecule has 1 unspecified atom stereocenters. The number of rotatable bonds is 4. The zero-order chi connectivity index (χ0) is 15.6. The number of nitrogens with two attached hydrogens (primary N) is 1. The second kappa shape index (κ2) is 6.41. The van der Waals surface area contributed by atoms with Gasteiger partial charge in [-0.15, -0.1) is 0 Å². The number of ether oxygens (including phenoxy) is 2. The molecule has 0 spiro atoms. The van der Waals surface area contributed by atoms with Gasteiger partial charge in [-0.05, 0) is 31.2 Å². The fourth-order valence-corrected chi connectivity index (χ4v) is 2.37. The SMILES string of the molecule is COc1cccc(Oc2cc(Br)cc(F)c2F)c1C(C)N. The van der Waals surface area contributed by atoms with Gasteiger partial charge in [-0.25, -0.2) is 4.39 Å². The summed E-state index contributed by atoms with van der Waals surface area (Å²) in [5, 5.41) is 0. The van der Waals surface area contributed by atoms with Crippen molar-refractivity contribution in [1.82, 2.24) is 0 Å². The van der Waals surface area contributed by atoms with E-state index >= 15 is 0 Å². The van der Waals surface area contributed by atoms with Gasteiger partial charge in [0.25, 0.3) is 0 Å². The quantitative estimate of drug-likeness (QED) is 0.816. The van der Waals surface area contributed by atoms with Gasteiger partial charge in [0.05, 0.1) is 12.7 Å². The summed E-state index contributed by atoms with van der Waals surface area (Å²) in [5.41, 5.74) is 6.49. The fraction of sp³-hybridized carbons (Fsp3) is 0.200. The zero-order valence-electron chi connectivity index (χ0n) is 11.5. The number of hydrogen-bond acceptors (Lipinski definition) is 3. The molecule has 6 heteroatoms. The van der Waals surface area contributed by atoms with Gasteiger partial charge in [-0.3, -0.25) is 0 Å². The number of benzene rings is 2. The monoisotopic (exact) mass is 357 g/mol. The van der Waals surface area contributed by atoms with E-state index < -0.39 is 17.7 Å². The van der Waals surface area contributed by atoms with Gasteiger partial charge in [0.1, 0.15) is 11.5 Å². The summed E-state index contributed by atoms with van der Waals surface area (Å²) in [7, 11) is 1.50. The maximum atomic E-state index is 13.8. The predicted molar refractivity (Wildman–Crippen MR) is 79.7 cm³/mol. The molecule has 3 nitrogen and oxygen atoms in total. The lowest BCUT2D eigenvalue weighted by atomic mass is 10.1. The van der Waals surface area contributed by atoms with Crippen molar-refractivity contribution in [2.24, 2.45) is 5.73 Å². The molecule has 112 valence electrons. The van der Waals surface area contributed by atoms with Gasteiger partial charge in [-0.2, -0.15) is 4.39 Å². The Hall–Kier alpha value is -1.66. The van der Waals surface area contributed by atoms with Crippen molar-refractivity contribution in [1.29, 1.82) is 0 Å². The third-order valence-electron chi connectivity index (χ3n) is 2.88. The molecule has 0 amide bonds. The summed E-state index contributed by atoms with van der Waals surface area (Å²) in [6, 6.07) is 7.02. The van der Waals surface area contributed by atoms with Crippen molar-refractivity contribution in [2.75, 3.05) is 7.11 Å². The van der Waals surface area contributed by atoms with E-state index in [4.69, 9.17) is 15.2 Å². The van der Waals surface area contributed by atoms with Crippen LogP contribution in [0.3, 0.4) is 0 Å². The van der Waals surface area contributed by atoms with E-state index in [1.165, 1.54) is 13.2 Å². The predicted octanol–water partition coefficient (Wildman–Crippen LogP) is 4.55. The van der Waals surface area contributed by atoms with E-state index in [1.54, 1.807) is 25.1 Å². The number of methoxy groups -OCH3 is 1. The molecular formula is C15H14BrF2NO2. The fourth-order valence-electron chi connectivity index (χ4n) is 1.96. The summed E-state index contributed by atoms with van der Waals surface area (Å²) < 4.78 is 38.3. The summed E-state index contributed by atoms with van der Waals surface area (Å²) in [6.07, 6.45) is 0. The molecule has 0 radical (unpaired) electrons. The molecule has 0 saturated carbocycles. The van der Waals surface area contributed by atoms with Crippen LogP contribution in [-0.2, 0) is 0 Å². The van der Waals surface area contributed by atoms with Crippen LogP contribution in [0.2, 0.25) is 0 Å². The van der Waals surface area contributed by atoms with E-state index in [1.807, 2.05) is 0 Å². The summed E-state index contributed by atoms with van der Waals surface area (Å²) in [4.78, 5) is 0. The Bertz CT molecular complexity index is 662. The Kier molecular flexibility index (Phi) is 4.80. The minimum Gasteiger partial charge on any atom is -0.496 e. The standard InChI is InChI=1S/C15H14BrF2NO2/c1-8(19)14-11(20-2)4-3-5-12(14)21-13-7-9(16)6-10(17)15(13)18/h3-8H,19H2,1-2H3. The summed E-state index contributed by atoms with van der Waals surface area (Å²) >= 11 is 3.10. The van der Waals surface area contributed by atoms with Crippen molar-refractivity contribution >= 4 is 15.9 Å². The maximum absolute atomic E-state index is 13.8. The van der Waals surface area contributed by atoms with Gasteiger partial charge < -0.3 is 15.2 Å². The lowest BCUT2D eigenvalue weighted by molar-refractivity contribution is 0.387. The van der Waals surface area contributed by atoms with E-state index in [2.05, 4.69) is 15.9 Å². The van der Waals surface area contributed by atoms with E-state index in [-0.39, 0.29) is 5.75 Å². The molecule has 0 fully saturated rings. The van der Waals surface area contributed by atoms with Crippen molar-refractivity contribution in [2.45, 2.75) is 13.0 Å². The average Bonchev–Trinajstić information content (AvgIpc) is 2.43. The van der Waals surface area contributed by atoms with E-state index in [0.717, 1.165) is 6.07 Å². The van der Waals surface area contributed by atoms with Crippen LogP contribution in [-0.4, -0.2) is 7.11 Å². The molecule has 2 aromatic carbocycles. The highest BCUT2D eigenvalue weighted by Gasteiger charge is 2.18. The molecule has 0 heterocycles. The van der Waals surface area contributed by atoms with E-state index in [0.29, 0.717) is 21.5 Å². The largest absolute Gasteiger partial charge is 0.496 e. The molecule has 0 aliphatic heterocycles. The minimum atomic E-state index is -1.06. The lowest BCUT2D eigenvalue weighted by Crippen LogP contribution is -2.09. The Labute approximate surface area is 129 Å². The van der Waals surface area contributed by atoms with Gasteiger partial charge in [-0.1, -0.05) is 22.0 Å². The molecule has 0 saturated heterocycles. The Balaban J connectivity index is 2.50. The molecule has 1 atom stereocenters. The van der Waals surface area contributed by atoms with Gasteiger partial charge in [0.15, 0.2) is 11.6 Å². The average molecular weight is 358 g/mol. The van der Waals surface area contributed by atoms with Crippen LogP contribution >= 0.6 is 15.9 Å². The van der Waals surface area contributed by atoms with E-state index in [9.17, 15) is 8.78 Å². The first-order chi connectivity index (χ1) is 9.93. The van der Waals surface area contributed by atoms with Crippen LogP contribution in [0.25, 0.3) is 0 Å². The summed E-state index contributed by atoms with van der Waals surface area (Å²) in [5.74, 6) is -1.43. The molecular weight excluding hydrogens is 344 g/mol. The van der Waals surface area contributed by atoms with Crippen LogP contribution < -0.4 is 15.2 Å². The first-order valence-electron chi connectivity index (χ1n) is 6.19. The Morgan fingerprint density at radius 1 is 1.14 bits per heavy atom. The van der Waals surface area contributed by atoms with Crippen molar-refractivity contribution < 1.29 is 18.3 Å². The number of halogens is 3. The molecule has 2 N–H and O–H groups in total. The molecule has 2 aromatic rings. The van der Waals surface area contributed by atoms with Crippen LogP contribution in [0.1, 0.15) is 18.5 Å². The van der Waals surface area contributed by atoms with Crippen molar-refractivity contribution in [3.63, 3.8) is 0 Å². The maximum Gasteiger partial charge on any atom is 0.201 e. The Morgan fingerprint density at radius 3 is 2.43 bits per heavy atom. The van der Waals surface area contributed by atoms with Crippen LogP contribution in [0.5, 0.6) is 17.2 Å². The van der Waals surface area contributed by atoms with Gasteiger partial charge in [0, 0.05) is 10.5 Å². The first kappa shape index (κ1) is 15.7. The van der Waals surface area contributed by atoms with Crippen molar-refractivity contribution in [3.8, 4) is 17.2 Å². The molecule has 0 aliphatic carbocycles. The highest BCUT2D eigenvalue weighted by molar-refractivity contribution is 9.10. The molecule has 2 rings (SSSR count). The third kappa shape index (κ3) is 3.33. The van der Waals surface area contributed by atoms with Crippen LogP contribution in [0, 0.1) is 11.6 Å². The lowest BCUT2D eigenvalue weighted by Gasteiger charge is -2.17. The Morgan fingerprint density at radius 2 is 1.81 bits per heavy atom. The van der Waals surface area contributed by atoms with Gasteiger partial charge >= 0.3 is 0 Å². The highest BCUT2D eigenvalue weighted by Crippen LogP contribution is 2.37. The normalized spacial score (nSPS) is 12.1. The molecule has 0 aliphatic rings. The second-order valence-corrected chi connectivity index (χ2v) is 5.38. The smallest absolute Gasteiger partial charge is 0.201 e. The molecule has 0 bridgehead atoms. The molecule has 21 heavy (non-hydrogen) atoms. The second-order valence-electron chi connectivity index (χ2n) is 4.46.